The van der Waals surface area contributed by atoms with Crippen molar-refractivity contribution >= 4 is 22.9 Å². The summed E-state index contributed by atoms with van der Waals surface area (Å²) in [5.41, 5.74) is 0. The Morgan fingerprint density at radius 3 is 1.71 bits per heavy atom. The van der Waals surface area contributed by atoms with Crippen LogP contribution in [0.1, 0.15) is 61.3 Å². The van der Waals surface area contributed by atoms with Gasteiger partial charge in [0.05, 0.1) is 6.10 Å². The molecule has 24 heavy (non-hydrogen) atoms. The maximum absolute atomic E-state index is 11.2. The van der Waals surface area contributed by atoms with Crippen molar-refractivity contribution < 1.29 is 13.6 Å². The monoisotopic (exact) mass is 374 g/mol. The van der Waals surface area contributed by atoms with Crippen molar-refractivity contribution in [3.63, 3.8) is 0 Å². The van der Waals surface area contributed by atoms with E-state index >= 15 is 0 Å². The number of rotatable bonds is 9. The third-order valence-corrected chi connectivity index (χ3v) is 15.1. The molecule has 0 unspecified atom stereocenters. The highest BCUT2D eigenvalue weighted by atomic mass is 28.4. The molecule has 0 aliphatic heterocycles. The Labute approximate surface area is 153 Å². The molecule has 144 valence electrons. The van der Waals surface area contributed by atoms with E-state index in [0.717, 1.165) is 12.7 Å². The summed E-state index contributed by atoms with van der Waals surface area (Å²) >= 11 is 0. The summed E-state index contributed by atoms with van der Waals surface area (Å²) in [4.78, 5) is 11.2. The van der Waals surface area contributed by atoms with Crippen LogP contribution in [-0.2, 0) is 13.6 Å². The SMILES string of the molecule is CC[C@H](CO[Si](C)(C)C(C)(C)C)[C@@H](CC=O)O[Si](C)(C)C(C)(C)C. The van der Waals surface area contributed by atoms with Crippen molar-refractivity contribution in [3.05, 3.63) is 0 Å². The van der Waals surface area contributed by atoms with Crippen molar-refractivity contribution in [1.82, 2.24) is 0 Å². The Kier molecular flexibility index (Phi) is 8.61. The highest BCUT2D eigenvalue weighted by Gasteiger charge is 2.42. The summed E-state index contributed by atoms with van der Waals surface area (Å²) in [6, 6.07) is 0. The minimum Gasteiger partial charge on any atom is -0.416 e. The molecule has 2 atom stereocenters. The molecule has 0 saturated heterocycles. The zero-order valence-electron chi connectivity index (χ0n) is 18.1. The van der Waals surface area contributed by atoms with E-state index in [9.17, 15) is 4.79 Å². The van der Waals surface area contributed by atoms with E-state index in [-0.39, 0.29) is 22.1 Å². The van der Waals surface area contributed by atoms with Crippen LogP contribution in [0.15, 0.2) is 0 Å². The van der Waals surface area contributed by atoms with Crippen molar-refractivity contribution in [3.8, 4) is 0 Å². The number of carbonyl (C=O) groups is 1. The molecular formula is C19H42O3Si2. The van der Waals surface area contributed by atoms with E-state index in [2.05, 4.69) is 74.7 Å². The van der Waals surface area contributed by atoms with Crippen LogP contribution in [-0.4, -0.2) is 35.6 Å². The first-order valence-electron chi connectivity index (χ1n) is 9.34. The van der Waals surface area contributed by atoms with Gasteiger partial charge in [-0.15, -0.1) is 0 Å². The van der Waals surface area contributed by atoms with E-state index in [1.807, 2.05) is 0 Å². The molecule has 5 heteroatoms. The van der Waals surface area contributed by atoms with Crippen LogP contribution >= 0.6 is 0 Å². The van der Waals surface area contributed by atoms with Crippen LogP contribution in [0, 0.1) is 5.92 Å². The minimum absolute atomic E-state index is 0.0295. The van der Waals surface area contributed by atoms with Gasteiger partial charge >= 0.3 is 0 Å². The van der Waals surface area contributed by atoms with Crippen LogP contribution in [0.5, 0.6) is 0 Å². The average molecular weight is 375 g/mol. The van der Waals surface area contributed by atoms with Gasteiger partial charge in [0.2, 0.25) is 0 Å². The topological polar surface area (TPSA) is 35.5 Å². The maximum Gasteiger partial charge on any atom is 0.192 e. The molecular weight excluding hydrogens is 332 g/mol. The Morgan fingerprint density at radius 1 is 0.917 bits per heavy atom. The second kappa shape index (κ2) is 8.61. The van der Waals surface area contributed by atoms with Gasteiger partial charge in [-0.1, -0.05) is 48.5 Å². The summed E-state index contributed by atoms with van der Waals surface area (Å²) in [5, 5.41) is 0.346. The summed E-state index contributed by atoms with van der Waals surface area (Å²) in [7, 11) is -3.68. The minimum atomic E-state index is -1.90. The molecule has 3 nitrogen and oxygen atoms in total. The average Bonchev–Trinajstić information content (AvgIpc) is 2.36. The molecule has 0 aromatic heterocycles. The van der Waals surface area contributed by atoms with E-state index in [1.165, 1.54) is 0 Å². The first-order valence-corrected chi connectivity index (χ1v) is 15.2. The fourth-order valence-electron chi connectivity index (χ4n) is 2.01. The lowest BCUT2D eigenvalue weighted by Gasteiger charge is -2.42. The third kappa shape index (κ3) is 6.73. The molecule has 0 radical (unpaired) electrons. The van der Waals surface area contributed by atoms with Crippen LogP contribution in [0.4, 0.5) is 0 Å². The molecule has 0 spiro atoms. The highest BCUT2D eigenvalue weighted by molar-refractivity contribution is 6.74. The molecule has 0 saturated carbocycles. The van der Waals surface area contributed by atoms with E-state index in [0.29, 0.717) is 13.0 Å². The summed E-state index contributed by atoms with van der Waals surface area (Å²) in [6.07, 6.45) is 2.42. The molecule has 0 rings (SSSR count). The van der Waals surface area contributed by atoms with Gasteiger partial charge in [-0.05, 0) is 42.7 Å². The lowest BCUT2D eigenvalue weighted by Crippen LogP contribution is -2.48. The van der Waals surface area contributed by atoms with Crippen LogP contribution < -0.4 is 0 Å². The highest BCUT2D eigenvalue weighted by Crippen LogP contribution is 2.40. The van der Waals surface area contributed by atoms with Crippen LogP contribution in [0.3, 0.4) is 0 Å². The van der Waals surface area contributed by atoms with Crippen molar-refractivity contribution in [1.29, 1.82) is 0 Å². The van der Waals surface area contributed by atoms with Gasteiger partial charge in [-0.2, -0.15) is 0 Å². The number of aldehydes is 1. The number of hydrogen-bond acceptors (Lipinski definition) is 3. The quantitative estimate of drug-likeness (QED) is 0.366. The standard InChI is InChI=1S/C19H42O3Si2/c1-12-16(15-21-23(8,9)18(2,3)4)17(13-14-20)22-24(10,11)19(5,6)7/h14,16-17H,12-13,15H2,1-11H3/t16-,17-/m1/s1. The predicted octanol–water partition coefficient (Wildman–Crippen LogP) is 6.01. The normalized spacial score (nSPS) is 16.8. The smallest absolute Gasteiger partial charge is 0.192 e. The van der Waals surface area contributed by atoms with Crippen LogP contribution in [0.2, 0.25) is 36.3 Å². The van der Waals surface area contributed by atoms with Gasteiger partial charge in [0, 0.05) is 18.9 Å². The summed E-state index contributed by atoms with van der Waals surface area (Å²) in [6.45, 7) is 25.4. The van der Waals surface area contributed by atoms with Crippen LogP contribution in [0.25, 0.3) is 0 Å². The molecule has 0 bridgehead atoms. The second-order valence-corrected chi connectivity index (χ2v) is 19.6. The molecule has 0 heterocycles. The summed E-state index contributed by atoms with van der Waals surface area (Å²) in [5.74, 6) is 0.276. The first kappa shape index (κ1) is 24.0. The molecule has 0 N–H and O–H groups in total. The second-order valence-electron chi connectivity index (χ2n) is 10.1. The Hall–Kier alpha value is 0.0238. The van der Waals surface area contributed by atoms with Crippen molar-refractivity contribution in [2.45, 2.75) is 104 Å². The lowest BCUT2D eigenvalue weighted by molar-refractivity contribution is -0.110. The zero-order chi connectivity index (χ0) is 19.4. The van der Waals surface area contributed by atoms with Gasteiger partial charge in [-0.3, -0.25) is 0 Å². The largest absolute Gasteiger partial charge is 0.416 e. The van der Waals surface area contributed by atoms with Gasteiger partial charge in [0.15, 0.2) is 16.6 Å². The van der Waals surface area contributed by atoms with Crippen molar-refractivity contribution in [2.75, 3.05) is 6.61 Å². The van der Waals surface area contributed by atoms with Gasteiger partial charge in [0.1, 0.15) is 6.29 Å². The van der Waals surface area contributed by atoms with Gasteiger partial charge in [0.25, 0.3) is 0 Å². The Bertz CT molecular complexity index is 392. The fraction of sp³-hybridized carbons (Fsp3) is 0.947. The predicted molar refractivity (Wildman–Crippen MR) is 110 cm³/mol. The van der Waals surface area contributed by atoms with Gasteiger partial charge < -0.3 is 13.6 Å². The van der Waals surface area contributed by atoms with E-state index < -0.39 is 16.6 Å². The number of hydrogen-bond donors (Lipinski definition) is 0. The van der Waals surface area contributed by atoms with E-state index in [4.69, 9.17) is 8.85 Å². The Balaban J connectivity index is 5.16. The molecule has 0 fully saturated rings. The zero-order valence-corrected chi connectivity index (χ0v) is 20.1. The Morgan fingerprint density at radius 2 is 1.38 bits per heavy atom. The molecule has 0 aliphatic rings. The fourth-order valence-corrected chi connectivity index (χ4v) is 4.47. The molecule has 0 amide bonds. The molecule has 0 aliphatic carbocycles. The third-order valence-electron chi connectivity index (χ3n) is 6.10. The van der Waals surface area contributed by atoms with E-state index in [1.54, 1.807) is 0 Å². The molecule has 0 aromatic rings. The number of carbonyl (C=O) groups excluding carboxylic acids is 1. The lowest BCUT2D eigenvalue weighted by atomic mass is 9.99. The maximum atomic E-state index is 11.2. The summed E-state index contributed by atoms with van der Waals surface area (Å²) < 4.78 is 13.0. The van der Waals surface area contributed by atoms with Gasteiger partial charge in [-0.25, -0.2) is 0 Å². The molecule has 0 aromatic carbocycles. The first-order chi connectivity index (χ1) is 10.6. The van der Waals surface area contributed by atoms with Crippen molar-refractivity contribution in [2.24, 2.45) is 5.92 Å².